The lowest BCUT2D eigenvalue weighted by molar-refractivity contribution is -0.153. The highest BCUT2D eigenvalue weighted by Crippen LogP contribution is 2.50. The molecule has 4 atom stereocenters. The van der Waals surface area contributed by atoms with Crippen LogP contribution in [0.4, 0.5) is 0 Å². The molecule has 33 heavy (non-hydrogen) atoms. The van der Waals surface area contributed by atoms with Gasteiger partial charge >= 0.3 is 5.97 Å². The van der Waals surface area contributed by atoms with E-state index in [9.17, 15) is 9.90 Å². The van der Waals surface area contributed by atoms with E-state index >= 15 is 0 Å². The van der Waals surface area contributed by atoms with E-state index in [1.54, 1.807) is 0 Å². The maximum absolute atomic E-state index is 12.9. The van der Waals surface area contributed by atoms with Crippen molar-refractivity contribution in [3.63, 3.8) is 0 Å². The molecular weight excluding hydrogens is 442 g/mol. The van der Waals surface area contributed by atoms with Crippen LogP contribution in [-0.4, -0.2) is 63.3 Å². The van der Waals surface area contributed by atoms with Crippen LogP contribution in [0, 0.1) is 13.8 Å². The smallest absolute Gasteiger partial charge is 0.316 e. The molecule has 9 heteroatoms. The fraction of sp³-hybridized carbons (Fsp3) is 0.458. The zero-order valence-electron chi connectivity index (χ0n) is 18.5. The average molecular weight is 468 g/mol. The molecule has 0 radical (unpaired) electrons. The minimum absolute atomic E-state index is 0.0811. The molecule has 1 aromatic carbocycles. The highest BCUT2D eigenvalue weighted by molar-refractivity contribution is 7.99. The zero-order valence-corrected chi connectivity index (χ0v) is 19.3. The maximum Gasteiger partial charge on any atom is 0.316 e. The topological polar surface area (TPSA) is 94.0 Å². The number of thioether (sulfide) groups is 1. The van der Waals surface area contributed by atoms with Crippen LogP contribution in [0.1, 0.15) is 34.9 Å². The summed E-state index contributed by atoms with van der Waals surface area (Å²) in [6, 6.07) is 6.05. The third kappa shape index (κ3) is 3.68. The van der Waals surface area contributed by atoms with Crippen LogP contribution in [0.3, 0.4) is 0 Å². The lowest BCUT2D eigenvalue weighted by Crippen LogP contribution is -2.51. The minimum atomic E-state index is -0.857. The fourth-order valence-corrected chi connectivity index (χ4v) is 6.27. The SMILES string of the molecule is Cc1cc(C)nc(SCC(=O)OC2C(O)C=C3CCN4Cc5cc6c(cc5C2C34)OCO6)n1. The van der Waals surface area contributed by atoms with Crippen molar-refractivity contribution in [3.8, 4) is 11.5 Å². The Kier molecular flexibility index (Phi) is 5.08. The summed E-state index contributed by atoms with van der Waals surface area (Å²) in [5, 5.41) is 11.5. The predicted molar refractivity (Wildman–Crippen MR) is 120 cm³/mol. The molecule has 1 aliphatic carbocycles. The molecule has 1 saturated heterocycles. The van der Waals surface area contributed by atoms with Gasteiger partial charge in [0.05, 0.1) is 5.75 Å². The predicted octanol–water partition coefficient (Wildman–Crippen LogP) is 2.50. The number of hydrogen-bond acceptors (Lipinski definition) is 9. The number of ether oxygens (including phenoxy) is 3. The lowest BCUT2D eigenvalue weighted by Gasteiger charge is -2.45. The van der Waals surface area contributed by atoms with Gasteiger partial charge in [-0.25, -0.2) is 9.97 Å². The van der Waals surface area contributed by atoms with Crippen molar-refractivity contribution in [2.75, 3.05) is 19.1 Å². The van der Waals surface area contributed by atoms with Crippen molar-refractivity contribution in [2.24, 2.45) is 0 Å². The van der Waals surface area contributed by atoms with Crippen molar-refractivity contribution < 1.29 is 24.1 Å². The van der Waals surface area contributed by atoms with Gasteiger partial charge in [-0.15, -0.1) is 0 Å². The van der Waals surface area contributed by atoms with E-state index in [-0.39, 0.29) is 30.5 Å². The molecule has 6 rings (SSSR count). The number of rotatable bonds is 4. The highest BCUT2D eigenvalue weighted by atomic mass is 32.2. The van der Waals surface area contributed by atoms with E-state index < -0.39 is 12.2 Å². The van der Waals surface area contributed by atoms with Crippen LogP contribution in [0.15, 0.2) is 35.0 Å². The molecule has 172 valence electrons. The Balaban J connectivity index is 1.27. The van der Waals surface area contributed by atoms with Gasteiger partial charge in [0.2, 0.25) is 6.79 Å². The number of aliphatic hydroxyl groups excluding tert-OH is 1. The van der Waals surface area contributed by atoms with Gasteiger partial charge in [-0.05, 0) is 49.6 Å². The molecule has 4 heterocycles. The third-order valence-electron chi connectivity index (χ3n) is 6.79. The van der Waals surface area contributed by atoms with Gasteiger partial charge < -0.3 is 19.3 Å². The zero-order chi connectivity index (χ0) is 22.7. The van der Waals surface area contributed by atoms with Crippen molar-refractivity contribution in [3.05, 3.63) is 52.4 Å². The molecule has 0 bridgehead atoms. The number of carbonyl (C=O) groups is 1. The van der Waals surface area contributed by atoms with E-state index in [4.69, 9.17) is 14.2 Å². The number of fused-ring (bicyclic) bond motifs is 3. The molecule has 0 amide bonds. The Bertz CT molecular complexity index is 1150. The van der Waals surface area contributed by atoms with Crippen LogP contribution in [0.2, 0.25) is 0 Å². The van der Waals surface area contributed by atoms with Gasteiger partial charge in [-0.2, -0.15) is 0 Å². The largest absolute Gasteiger partial charge is 0.458 e. The number of aryl methyl sites for hydroxylation is 2. The van der Waals surface area contributed by atoms with E-state index in [1.807, 2.05) is 38.1 Å². The van der Waals surface area contributed by atoms with Gasteiger partial charge in [0.15, 0.2) is 16.7 Å². The first-order chi connectivity index (χ1) is 16.0. The summed E-state index contributed by atoms with van der Waals surface area (Å²) in [5.41, 5.74) is 5.14. The Morgan fingerprint density at radius 3 is 2.76 bits per heavy atom. The summed E-state index contributed by atoms with van der Waals surface area (Å²) in [6.07, 6.45) is 1.27. The van der Waals surface area contributed by atoms with E-state index in [2.05, 4.69) is 14.9 Å². The van der Waals surface area contributed by atoms with Crippen LogP contribution in [-0.2, 0) is 16.1 Å². The number of esters is 1. The second-order valence-corrected chi connectivity index (χ2v) is 9.95. The Labute approximate surface area is 196 Å². The molecule has 8 nitrogen and oxygen atoms in total. The second kappa shape index (κ2) is 8.00. The average Bonchev–Trinajstić information content (AvgIpc) is 3.39. The molecular formula is C24H25N3O5S. The van der Waals surface area contributed by atoms with Crippen LogP contribution in [0.5, 0.6) is 11.5 Å². The summed E-state index contributed by atoms with van der Waals surface area (Å²) in [4.78, 5) is 24.0. The Hall–Kier alpha value is -2.62. The van der Waals surface area contributed by atoms with Crippen LogP contribution >= 0.6 is 11.8 Å². The van der Waals surface area contributed by atoms with E-state index in [0.717, 1.165) is 47.8 Å². The molecule has 0 saturated carbocycles. The first-order valence-corrected chi connectivity index (χ1v) is 12.1. The summed E-state index contributed by atoms with van der Waals surface area (Å²) < 4.78 is 17.2. The number of nitrogens with zero attached hydrogens (tertiary/aromatic N) is 3. The summed E-state index contributed by atoms with van der Waals surface area (Å²) >= 11 is 1.25. The van der Waals surface area contributed by atoms with Gasteiger partial charge in [-0.1, -0.05) is 23.4 Å². The maximum atomic E-state index is 12.9. The molecule has 1 aromatic heterocycles. The normalized spacial score (nSPS) is 27.1. The Morgan fingerprint density at radius 1 is 1.21 bits per heavy atom. The van der Waals surface area contributed by atoms with Crippen LogP contribution in [0.25, 0.3) is 0 Å². The molecule has 2 aromatic rings. The molecule has 0 spiro atoms. The summed E-state index contributed by atoms with van der Waals surface area (Å²) in [5.74, 6) is 0.987. The van der Waals surface area contributed by atoms with Gasteiger partial charge in [0.1, 0.15) is 12.2 Å². The van der Waals surface area contributed by atoms with Crippen molar-refractivity contribution in [2.45, 2.75) is 56.1 Å². The second-order valence-electron chi connectivity index (χ2n) is 9.00. The number of carbonyl (C=O) groups excluding carboxylic acids is 1. The molecule has 1 fully saturated rings. The molecule has 4 aliphatic rings. The van der Waals surface area contributed by atoms with Gasteiger partial charge in [0.25, 0.3) is 0 Å². The first-order valence-electron chi connectivity index (χ1n) is 11.2. The number of aliphatic hydroxyl groups is 1. The van der Waals surface area contributed by atoms with Crippen molar-refractivity contribution in [1.29, 1.82) is 0 Å². The fourth-order valence-electron chi connectivity index (χ4n) is 5.54. The number of hydrogen-bond donors (Lipinski definition) is 1. The summed E-state index contributed by atoms with van der Waals surface area (Å²) in [7, 11) is 0. The number of benzene rings is 1. The summed E-state index contributed by atoms with van der Waals surface area (Å²) in [6.45, 7) is 5.74. The first kappa shape index (κ1) is 20.9. The molecule has 4 unspecified atom stereocenters. The van der Waals surface area contributed by atoms with E-state index in [1.165, 1.54) is 17.3 Å². The monoisotopic (exact) mass is 467 g/mol. The highest BCUT2D eigenvalue weighted by Gasteiger charge is 2.50. The lowest BCUT2D eigenvalue weighted by atomic mass is 9.73. The minimum Gasteiger partial charge on any atom is -0.458 e. The van der Waals surface area contributed by atoms with Crippen molar-refractivity contribution >= 4 is 17.7 Å². The van der Waals surface area contributed by atoms with Gasteiger partial charge in [0, 0.05) is 36.4 Å². The third-order valence-corrected chi connectivity index (χ3v) is 7.61. The molecule has 3 aliphatic heterocycles. The standard InChI is InChI=1S/C24H25N3O5S/c1-12-5-13(2)26-24(25-12)33-10-20(29)32-23-17(28)6-14-3-4-27-9-15-7-18-19(31-11-30-18)8-16(15)21(23)22(14)27/h5-8,17,21-23,28H,3-4,9-11H2,1-2H3. The molecule has 1 N–H and O–H groups in total. The van der Waals surface area contributed by atoms with Crippen LogP contribution < -0.4 is 9.47 Å². The van der Waals surface area contributed by atoms with E-state index in [0.29, 0.717) is 10.9 Å². The van der Waals surface area contributed by atoms with Gasteiger partial charge in [-0.3, -0.25) is 9.69 Å². The van der Waals surface area contributed by atoms with Crippen molar-refractivity contribution in [1.82, 2.24) is 14.9 Å². The Morgan fingerprint density at radius 2 is 1.97 bits per heavy atom. The quantitative estimate of drug-likeness (QED) is 0.315. The number of aromatic nitrogens is 2.